The zero-order chi connectivity index (χ0) is 17.4. The highest BCUT2D eigenvalue weighted by Crippen LogP contribution is 2.36. The van der Waals surface area contributed by atoms with Gasteiger partial charge in [-0.25, -0.2) is 14.8 Å². The largest absolute Gasteiger partial charge is 0.444 e. The maximum Gasteiger partial charge on any atom is 0.411 e. The smallest absolute Gasteiger partial charge is 0.411 e. The van der Waals surface area contributed by atoms with Gasteiger partial charge >= 0.3 is 6.09 Å². The Morgan fingerprint density at radius 1 is 1.29 bits per heavy atom. The van der Waals surface area contributed by atoms with Gasteiger partial charge in [-0.2, -0.15) is 0 Å². The van der Waals surface area contributed by atoms with Crippen LogP contribution in [0.5, 0.6) is 0 Å². The molecular formula is C17H27N5O2. The lowest BCUT2D eigenvalue weighted by Gasteiger charge is -2.54. The lowest BCUT2D eigenvalue weighted by atomic mass is 9.89. The van der Waals surface area contributed by atoms with Crippen LogP contribution >= 0.6 is 0 Å². The van der Waals surface area contributed by atoms with Gasteiger partial charge in [0.1, 0.15) is 11.1 Å². The van der Waals surface area contributed by atoms with Crippen LogP contribution in [0.2, 0.25) is 0 Å². The minimum absolute atomic E-state index is 0.0186. The number of carbonyl (C=O) groups is 1. The van der Waals surface area contributed by atoms with Crippen molar-refractivity contribution in [3.05, 3.63) is 24.3 Å². The highest BCUT2D eigenvalue weighted by molar-refractivity contribution is 5.69. The number of nitrogens with one attached hydrogen (secondary N) is 1. The van der Waals surface area contributed by atoms with E-state index in [1.807, 2.05) is 27.7 Å². The van der Waals surface area contributed by atoms with Gasteiger partial charge in [0.15, 0.2) is 5.82 Å². The molecule has 3 rings (SSSR count). The Bertz CT molecular complexity index is 584. The van der Waals surface area contributed by atoms with Crippen LogP contribution in [0.25, 0.3) is 0 Å². The van der Waals surface area contributed by atoms with Crippen LogP contribution in [0.15, 0.2) is 18.5 Å². The molecule has 24 heavy (non-hydrogen) atoms. The van der Waals surface area contributed by atoms with E-state index >= 15 is 0 Å². The van der Waals surface area contributed by atoms with Gasteiger partial charge in [0, 0.05) is 38.6 Å². The third kappa shape index (κ3) is 3.10. The SMILES string of the molecule is CC(C)(C)OC(=O)N1CCNC(N2CCC2)C1(C)c1ncccn1. The van der Waals surface area contributed by atoms with Crippen molar-refractivity contribution in [3.8, 4) is 0 Å². The highest BCUT2D eigenvalue weighted by atomic mass is 16.6. The Hall–Kier alpha value is -1.73. The monoisotopic (exact) mass is 333 g/mol. The van der Waals surface area contributed by atoms with Crippen LogP contribution in [-0.4, -0.2) is 63.8 Å². The van der Waals surface area contributed by atoms with Gasteiger partial charge in [0.05, 0.1) is 6.17 Å². The van der Waals surface area contributed by atoms with Gasteiger partial charge in [-0.3, -0.25) is 15.1 Å². The number of piperazine rings is 1. The van der Waals surface area contributed by atoms with Gasteiger partial charge in [-0.05, 0) is 40.2 Å². The predicted octanol–water partition coefficient (Wildman–Crippen LogP) is 1.56. The van der Waals surface area contributed by atoms with E-state index in [1.54, 1.807) is 23.4 Å². The normalized spacial score (nSPS) is 28.3. The second kappa shape index (κ2) is 6.29. The summed E-state index contributed by atoms with van der Waals surface area (Å²) in [5.74, 6) is 0.639. The van der Waals surface area contributed by atoms with Gasteiger partial charge in [-0.15, -0.1) is 0 Å². The second-order valence-corrected chi connectivity index (χ2v) is 7.60. The minimum atomic E-state index is -0.678. The Kier molecular flexibility index (Phi) is 4.48. The Labute approximate surface area is 143 Å². The number of nitrogens with zero attached hydrogens (tertiary/aromatic N) is 4. The first-order valence-electron chi connectivity index (χ1n) is 8.58. The third-order valence-electron chi connectivity index (χ3n) is 4.65. The van der Waals surface area contributed by atoms with Crippen molar-refractivity contribution >= 4 is 6.09 Å². The number of hydrogen-bond donors (Lipinski definition) is 1. The van der Waals surface area contributed by atoms with Crippen LogP contribution in [-0.2, 0) is 10.3 Å². The number of carbonyl (C=O) groups excluding carboxylic acids is 1. The molecule has 2 fully saturated rings. The molecule has 0 bridgehead atoms. The number of amides is 1. The Balaban J connectivity index is 1.97. The number of likely N-dealkylation sites (tertiary alicyclic amines) is 1. The van der Waals surface area contributed by atoms with Crippen LogP contribution in [0.4, 0.5) is 4.79 Å². The van der Waals surface area contributed by atoms with Gasteiger partial charge in [0.2, 0.25) is 0 Å². The quantitative estimate of drug-likeness (QED) is 0.886. The lowest BCUT2D eigenvalue weighted by Crippen LogP contribution is -2.72. The molecule has 2 aliphatic heterocycles. The molecule has 7 nitrogen and oxygen atoms in total. The molecule has 2 saturated heterocycles. The van der Waals surface area contributed by atoms with Crippen molar-refractivity contribution in [2.24, 2.45) is 0 Å². The first kappa shape index (κ1) is 17.1. The summed E-state index contributed by atoms with van der Waals surface area (Å²) < 4.78 is 5.66. The molecule has 0 radical (unpaired) electrons. The van der Waals surface area contributed by atoms with Gasteiger partial charge < -0.3 is 4.74 Å². The fourth-order valence-electron chi connectivity index (χ4n) is 3.38. The van der Waals surface area contributed by atoms with Crippen LogP contribution < -0.4 is 5.32 Å². The van der Waals surface area contributed by atoms with Crippen molar-refractivity contribution in [3.63, 3.8) is 0 Å². The predicted molar refractivity (Wildman–Crippen MR) is 90.3 cm³/mol. The molecule has 2 unspecified atom stereocenters. The molecule has 0 saturated carbocycles. The molecule has 7 heteroatoms. The maximum absolute atomic E-state index is 12.9. The van der Waals surface area contributed by atoms with Crippen molar-refractivity contribution in [1.82, 2.24) is 25.1 Å². The molecule has 2 aliphatic rings. The third-order valence-corrected chi connectivity index (χ3v) is 4.65. The molecule has 1 aromatic heterocycles. The standard InChI is InChI=1S/C17H27N5O2/c1-16(2,3)24-15(23)22-12-9-20-14(21-10-6-11-21)17(22,4)13-18-7-5-8-19-13/h5,7-8,14,20H,6,9-12H2,1-4H3. The van der Waals surface area contributed by atoms with E-state index in [1.165, 1.54) is 6.42 Å². The maximum atomic E-state index is 12.9. The van der Waals surface area contributed by atoms with Crippen molar-refractivity contribution < 1.29 is 9.53 Å². The minimum Gasteiger partial charge on any atom is -0.444 e. The lowest BCUT2D eigenvalue weighted by molar-refractivity contribution is -0.0740. The van der Waals surface area contributed by atoms with E-state index in [0.717, 1.165) is 19.6 Å². The molecule has 0 spiro atoms. The zero-order valence-electron chi connectivity index (χ0n) is 15.0. The molecule has 3 heterocycles. The van der Waals surface area contributed by atoms with E-state index in [2.05, 4.69) is 20.2 Å². The molecule has 1 N–H and O–H groups in total. The zero-order valence-corrected chi connectivity index (χ0v) is 15.0. The average molecular weight is 333 g/mol. The topological polar surface area (TPSA) is 70.6 Å². The summed E-state index contributed by atoms with van der Waals surface area (Å²) in [7, 11) is 0. The van der Waals surface area contributed by atoms with E-state index in [9.17, 15) is 4.79 Å². The van der Waals surface area contributed by atoms with E-state index < -0.39 is 11.1 Å². The molecule has 2 atom stereocenters. The average Bonchev–Trinajstić information content (AvgIpc) is 2.46. The molecule has 0 aliphatic carbocycles. The number of hydrogen-bond acceptors (Lipinski definition) is 6. The van der Waals surface area contributed by atoms with E-state index in [0.29, 0.717) is 12.4 Å². The van der Waals surface area contributed by atoms with Crippen LogP contribution in [0, 0.1) is 0 Å². The van der Waals surface area contributed by atoms with Crippen LogP contribution in [0.1, 0.15) is 39.9 Å². The van der Waals surface area contributed by atoms with Crippen molar-refractivity contribution in [1.29, 1.82) is 0 Å². The van der Waals surface area contributed by atoms with Gasteiger partial charge in [0.25, 0.3) is 0 Å². The summed E-state index contributed by atoms with van der Waals surface area (Å²) in [4.78, 5) is 25.9. The fraction of sp³-hybridized carbons (Fsp3) is 0.706. The van der Waals surface area contributed by atoms with Crippen molar-refractivity contribution in [2.45, 2.75) is 51.4 Å². The summed E-state index contributed by atoms with van der Waals surface area (Å²) in [5.41, 5.74) is -1.21. The number of aromatic nitrogens is 2. The Morgan fingerprint density at radius 2 is 1.96 bits per heavy atom. The molecular weight excluding hydrogens is 306 g/mol. The molecule has 0 aromatic carbocycles. The molecule has 1 amide bonds. The summed E-state index contributed by atoms with van der Waals surface area (Å²) in [5, 5.41) is 3.55. The van der Waals surface area contributed by atoms with E-state index in [-0.39, 0.29) is 12.3 Å². The Morgan fingerprint density at radius 3 is 2.50 bits per heavy atom. The fourth-order valence-corrected chi connectivity index (χ4v) is 3.38. The number of rotatable bonds is 2. The summed E-state index contributed by atoms with van der Waals surface area (Å²) in [6.07, 6.45) is 4.29. The summed E-state index contributed by atoms with van der Waals surface area (Å²) in [6.45, 7) is 11.0. The van der Waals surface area contributed by atoms with Crippen molar-refractivity contribution in [2.75, 3.05) is 26.2 Å². The highest BCUT2D eigenvalue weighted by Gasteiger charge is 2.52. The molecule has 1 aromatic rings. The first-order valence-corrected chi connectivity index (χ1v) is 8.58. The van der Waals surface area contributed by atoms with Crippen LogP contribution in [0.3, 0.4) is 0 Å². The molecule has 132 valence electrons. The second-order valence-electron chi connectivity index (χ2n) is 7.60. The van der Waals surface area contributed by atoms with E-state index in [4.69, 9.17) is 4.74 Å². The number of ether oxygens (including phenoxy) is 1. The van der Waals surface area contributed by atoms with Gasteiger partial charge in [-0.1, -0.05) is 0 Å². The summed E-state index contributed by atoms with van der Waals surface area (Å²) >= 11 is 0. The first-order chi connectivity index (χ1) is 11.3. The summed E-state index contributed by atoms with van der Waals surface area (Å²) in [6, 6.07) is 1.79.